The molecule has 6 nitrogen and oxygen atoms in total. The van der Waals surface area contributed by atoms with Crippen LogP contribution in [0.25, 0.3) is 11.2 Å². The first-order valence-electron chi connectivity index (χ1n) is 13.3. The molecule has 1 N–H and O–H groups in total. The molecule has 1 fully saturated rings. The molecule has 1 atom stereocenters. The Balaban J connectivity index is 1.22. The van der Waals surface area contributed by atoms with E-state index in [2.05, 4.69) is 39.5 Å². The summed E-state index contributed by atoms with van der Waals surface area (Å²) < 4.78 is 15.4. The Kier molecular flexibility index (Phi) is 7.78. The molecular weight excluding hydrogens is 465 g/mol. The Morgan fingerprint density at radius 3 is 2.46 bits per heavy atom. The number of carbonyl (C=O) groups excluding carboxylic acids is 1. The van der Waals surface area contributed by atoms with Gasteiger partial charge in [-0.3, -0.25) is 4.79 Å². The molecule has 0 aliphatic carbocycles. The Bertz CT molecular complexity index is 1320. The van der Waals surface area contributed by atoms with E-state index in [1.807, 2.05) is 23.6 Å². The van der Waals surface area contributed by atoms with Gasteiger partial charge in [-0.25, -0.2) is 14.4 Å². The summed E-state index contributed by atoms with van der Waals surface area (Å²) in [5, 5.41) is 3.14. The van der Waals surface area contributed by atoms with Crippen molar-refractivity contribution in [1.82, 2.24) is 19.9 Å². The van der Waals surface area contributed by atoms with E-state index in [0.29, 0.717) is 19.4 Å². The lowest BCUT2D eigenvalue weighted by atomic mass is 10.1. The van der Waals surface area contributed by atoms with Crippen LogP contribution in [0.5, 0.6) is 0 Å². The number of fused-ring (bicyclic) bond motifs is 1. The molecule has 2 aromatic heterocycles. The van der Waals surface area contributed by atoms with Gasteiger partial charge in [-0.05, 0) is 67.3 Å². The van der Waals surface area contributed by atoms with Crippen LogP contribution in [-0.2, 0) is 17.8 Å². The van der Waals surface area contributed by atoms with E-state index in [4.69, 9.17) is 4.98 Å². The third-order valence-electron chi connectivity index (χ3n) is 7.15. The Labute approximate surface area is 217 Å². The molecule has 192 valence electrons. The van der Waals surface area contributed by atoms with Crippen molar-refractivity contribution < 1.29 is 9.18 Å². The minimum atomic E-state index is -0.264. The molecule has 3 heterocycles. The molecular formula is C30H34FN5O. The number of amides is 1. The summed E-state index contributed by atoms with van der Waals surface area (Å²) in [7, 11) is 0. The fourth-order valence-electron chi connectivity index (χ4n) is 5.06. The lowest BCUT2D eigenvalue weighted by molar-refractivity contribution is -0.121. The predicted molar refractivity (Wildman–Crippen MR) is 145 cm³/mol. The fraction of sp³-hybridized carbons (Fsp3) is 0.367. The van der Waals surface area contributed by atoms with Gasteiger partial charge in [0.15, 0.2) is 5.65 Å². The standard InChI is InChI=1S/C30H34FN5O/c1-22(24-10-14-26(15-11-24)35-19-4-2-3-5-20-35)33-29(37)17-16-28-34-27-7-6-18-32-30(27)36(28)21-23-8-12-25(31)13-9-23/h6-15,18,22H,2-5,16-17,19-21H2,1H3,(H,33,37). The average Bonchev–Trinajstić information content (AvgIpc) is 3.06. The fourth-order valence-corrected chi connectivity index (χ4v) is 5.06. The topological polar surface area (TPSA) is 63.1 Å². The predicted octanol–water partition coefficient (Wildman–Crippen LogP) is 5.81. The van der Waals surface area contributed by atoms with Crippen molar-refractivity contribution in [2.45, 2.75) is 58.0 Å². The van der Waals surface area contributed by atoms with E-state index in [1.165, 1.54) is 43.5 Å². The molecule has 7 heteroatoms. The molecule has 2 aromatic carbocycles. The summed E-state index contributed by atoms with van der Waals surface area (Å²) in [6, 6.07) is 18.7. The van der Waals surface area contributed by atoms with Crippen LogP contribution >= 0.6 is 0 Å². The van der Waals surface area contributed by atoms with Crippen LogP contribution in [0, 0.1) is 5.82 Å². The molecule has 1 amide bonds. The maximum atomic E-state index is 13.4. The van der Waals surface area contributed by atoms with Crippen molar-refractivity contribution in [3.8, 4) is 0 Å². The van der Waals surface area contributed by atoms with Crippen molar-refractivity contribution in [3.05, 3.63) is 89.6 Å². The Morgan fingerprint density at radius 1 is 1.00 bits per heavy atom. The molecule has 1 aliphatic rings. The third kappa shape index (κ3) is 6.16. The Morgan fingerprint density at radius 2 is 1.73 bits per heavy atom. The second-order valence-corrected chi connectivity index (χ2v) is 9.87. The average molecular weight is 500 g/mol. The van der Waals surface area contributed by atoms with E-state index < -0.39 is 0 Å². The first-order valence-corrected chi connectivity index (χ1v) is 13.3. The van der Waals surface area contributed by atoms with E-state index in [0.717, 1.165) is 41.2 Å². The first-order chi connectivity index (χ1) is 18.1. The van der Waals surface area contributed by atoms with Gasteiger partial charge in [0.25, 0.3) is 0 Å². The summed E-state index contributed by atoms with van der Waals surface area (Å²) in [6.45, 7) is 4.78. The lowest BCUT2D eigenvalue weighted by Crippen LogP contribution is -2.27. The van der Waals surface area contributed by atoms with Crippen LogP contribution < -0.4 is 10.2 Å². The highest BCUT2D eigenvalue weighted by Gasteiger charge is 2.16. The number of benzene rings is 2. The molecule has 4 aromatic rings. The zero-order chi connectivity index (χ0) is 25.6. The molecule has 5 rings (SSSR count). The smallest absolute Gasteiger partial charge is 0.220 e. The summed E-state index contributed by atoms with van der Waals surface area (Å²) >= 11 is 0. The molecule has 0 saturated carbocycles. The zero-order valence-corrected chi connectivity index (χ0v) is 21.4. The SMILES string of the molecule is CC(NC(=O)CCc1nc2cccnc2n1Cc1ccc(F)cc1)c1ccc(N2CCCCCC2)cc1. The second-order valence-electron chi connectivity index (χ2n) is 9.87. The van der Waals surface area contributed by atoms with Crippen LogP contribution in [-0.4, -0.2) is 33.5 Å². The summed E-state index contributed by atoms with van der Waals surface area (Å²) in [4.78, 5) is 24.6. The van der Waals surface area contributed by atoms with Gasteiger partial charge in [-0.15, -0.1) is 0 Å². The highest BCUT2D eigenvalue weighted by Crippen LogP contribution is 2.23. The van der Waals surface area contributed by atoms with Crippen LogP contribution in [0.2, 0.25) is 0 Å². The highest BCUT2D eigenvalue weighted by atomic mass is 19.1. The number of aromatic nitrogens is 3. The molecule has 0 spiro atoms. The maximum absolute atomic E-state index is 13.4. The van der Waals surface area contributed by atoms with Gasteiger partial charge in [-0.1, -0.05) is 37.1 Å². The molecule has 1 saturated heterocycles. The van der Waals surface area contributed by atoms with E-state index in [9.17, 15) is 9.18 Å². The van der Waals surface area contributed by atoms with Gasteiger partial charge < -0.3 is 14.8 Å². The van der Waals surface area contributed by atoms with Gasteiger partial charge in [-0.2, -0.15) is 0 Å². The zero-order valence-electron chi connectivity index (χ0n) is 21.4. The van der Waals surface area contributed by atoms with Gasteiger partial charge in [0.1, 0.15) is 17.2 Å². The molecule has 0 bridgehead atoms. The summed E-state index contributed by atoms with van der Waals surface area (Å²) in [5.41, 5.74) is 4.87. The van der Waals surface area contributed by atoms with Crippen LogP contribution in [0.15, 0.2) is 66.9 Å². The first kappa shape index (κ1) is 24.9. The number of anilines is 1. The van der Waals surface area contributed by atoms with E-state index in [1.54, 1.807) is 18.3 Å². The number of halogens is 1. The van der Waals surface area contributed by atoms with Crippen molar-refractivity contribution in [2.24, 2.45) is 0 Å². The number of hydrogen-bond donors (Lipinski definition) is 1. The highest BCUT2D eigenvalue weighted by molar-refractivity contribution is 5.77. The number of nitrogens with one attached hydrogen (secondary N) is 1. The normalized spacial score (nSPS) is 14.9. The number of nitrogens with zero attached hydrogens (tertiary/aromatic N) is 4. The van der Waals surface area contributed by atoms with E-state index in [-0.39, 0.29) is 17.8 Å². The van der Waals surface area contributed by atoms with E-state index >= 15 is 0 Å². The van der Waals surface area contributed by atoms with Gasteiger partial charge in [0, 0.05) is 37.8 Å². The number of imidazole rings is 1. The molecule has 1 unspecified atom stereocenters. The van der Waals surface area contributed by atoms with Crippen LogP contribution in [0.1, 0.15) is 62.0 Å². The minimum Gasteiger partial charge on any atom is -0.372 e. The molecule has 0 radical (unpaired) electrons. The summed E-state index contributed by atoms with van der Waals surface area (Å²) in [5.74, 6) is 0.514. The van der Waals surface area contributed by atoms with Gasteiger partial charge in [0.05, 0.1) is 12.6 Å². The Hall–Kier alpha value is -3.74. The number of rotatable bonds is 8. The number of hydrogen-bond acceptors (Lipinski definition) is 4. The number of aryl methyl sites for hydroxylation is 1. The monoisotopic (exact) mass is 499 g/mol. The van der Waals surface area contributed by atoms with Crippen molar-refractivity contribution in [1.29, 1.82) is 0 Å². The van der Waals surface area contributed by atoms with Crippen molar-refractivity contribution >= 4 is 22.8 Å². The second kappa shape index (κ2) is 11.5. The van der Waals surface area contributed by atoms with Crippen molar-refractivity contribution in [3.63, 3.8) is 0 Å². The molecule has 1 aliphatic heterocycles. The largest absolute Gasteiger partial charge is 0.372 e. The third-order valence-corrected chi connectivity index (χ3v) is 7.15. The number of pyridine rings is 1. The number of carbonyl (C=O) groups is 1. The lowest BCUT2D eigenvalue weighted by Gasteiger charge is -2.23. The summed E-state index contributed by atoms with van der Waals surface area (Å²) in [6.07, 6.45) is 7.69. The molecule has 37 heavy (non-hydrogen) atoms. The quantitative estimate of drug-likeness (QED) is 0.332. The maximum Gasteiger partial charge on any atom is 0.220 e. The van der Waals surface area contributed by atoms with Crippen LogP contribution in [0.4, 0.5) is 10.1 Å². The van der Waals surface area contributed by atoms with Gasteiger partial charge >= 0.3 is 0 Å². The van der Waals surface area contributed by atoms with Crippen LogP contribution in [0.3, 0.4) is 0 Å². The van der Waals surface area contributed by atoms with Crippen molar-refractivity contribution in [2.75, 3.05) is 18.0 Å². The minimum absolute atomic E-state index is 0.0163. The van der Waals surface area contributed by atoms with Gasteiger partial charge in [0.2, 0.25) is 5.91 Å².